The summed E-state index contributed by atoms with van der Waals surface area (Å²) in [6, 6.07) is 0. The zero-order valence-corrected chi connectivity index (χ0v) is 10.8. The number of hydrogen-bond donors (Lipinski definition) is 2. The van der Waals surface area contributed by atoms with Crippen LogP contribution in [0.2, 0.25) is 0 Å². The molecule has 2 N–H and O–H groups in total. The van der Waals surface area contributed by atoms with Gasteiger partial charge in [0.15, 0.2) is 5.69 Å². The first-order valence-corrected chi connectivity index (χ1v) is 6.42. The van der Waals surface area contributed by atoms with Gasteiger partial charge in [-0.1, -0.05) is 26.7 Å². The van der Waals surface area contributed by atoms with Gasteiger partial charge in [-0.3, -0.25) is 0 Å². The van der Waals surface area contributed by atoms with Crippen LogP contribution in [0.4, 0.5) is 5.69 Å². The second-order valence-electron chi connectivity index (χ2n) is 5.11. The predicted octanol–water partition coefficient (Wildman–Crippen LogP) is 2.51. The molecule has 2 rings (SSSR count). The molecule has 1 saturated carbocycles. The highest BCUT2D eigenvalue weighted by atomic mass is 16.4. The van der Waals surface area contributed by atoms with Crippen LogP contribution in [0.25, 0.3) is 0 Å². The second kappa shape index (κ2) is 5.33. The van der Waals surface area contributed by atoms with Gasteiger partial charge in [0.1, 0.15) is 5.82 Å². The Bertz CT molecular complexity index is 442. The van der Waals surface area contributed by atoms with E-state index in [2.05, 4.69) is 15.3 Å². The van der Waals surface area contributed by atoms with E-state index in [0.717, 1.165) is 18.9 Å². The third kappa shape index (κ3) is 3.18. The highest BCUT2D eigenvalue weighted by Crippen LogP contribution is 2.32. The van der Waals surface area contributed by atoms with Crippen molar-refractivity contribution in [1.29, 1.82) is 0 Å². The van der Waals surface area contributed by atoms with Gasteiger partial charge in [0, 0.05) is 12.5 Å². The third-order valence-electron chi connectivity index (χ3n) is 3.09. The molecule has 0 radical (unpaired) electrons. The lowest BCUT2D eigenvalue weighted by Crippen LogP contribution is -2.13. The second-order valence-corrected chi connectivity index (χ2v) is 5.11. The van der Waals surface area contributed by atoms with E-state index >= 15 is 0 Å². The average Bonchev–Trinajstić information content (AvgIpc) is 3.13. The Kier molecular flexibility index (Phi) is 3.79. The van der Waals surface area contributed by atoms with E-state index in [9.17, 15) is 4.79 Å². The molecule has 98 valence electrons. The number of carboxylic acids is 1. The number of aromatic nitrogens is 2. The first-order chi connectivity index (χ1) is 8.58. The summed E-state index contributed by atoms with van der Waals surface area (Å²) in [5, 5.41) is 12.3. The van der Waals surface area contributed by atoms with E-state index in [0.29, 0.717) is 11.5 Å². The highest BCUT2D eigenvalue weighted by Gasteiger charge is 2.21. The molecular weight excluding hydrogens is 230 g/mol. The molecule has 5 heteroatoms. The Morgan fingerprint density at radius 3 is 2.83 bits per heavy atom. The zero-order chi connectivity index (χ0) is 13.1. The first kappa shape index (κ1) is 12.8. The number of hydrogen-bond acceptors (Lipinski definition) is 4. The van der Waals surface area contributed by atoms with E-state index in [4.69, 9.17) is 5.11 Å². The van der Waals surface area contributed by atoms with Gasteiger partial charge in [0.25, 0.3) is 0 Å². The fourth-order valence-electron chi connectivity index (χ4n) is 1.78. The van der Waals surface area contributed by atoms with Gasteiger partial charge in [0.05, 0.1) is 11.9 Å². The number of aromatic carboxylic acids is 1. The highest BCUT2D eigenvalue weighted by molar-refractivity contribution is 5.91. The molecule has 0 spiro atoms. The molecule has 1 aromatic rings. The van der Waals surface area contributed by atoms with Gasteiger partial charge in [0.2, 0.25) is 0 Å². The summed E-state index contributed by atoms with van der Waals surface area (Å²) < 4.78 is 0. The summed E-state index contributed by atoms with van der Waals surface area (Å²) in [5.41, 5.74) is 0.594. The minimum absolute atomic E-state index is 0.0736. The molecule has 0 atom stereocenters. The standard InChI is InChI=1S/C13H19N3O2/c1-8(2)12-15-7-10(11(16-12)13(17)18)14-6-5-9-3-4-9/h7-9,14H,3-6H2,1-2H3,(H,17,18). The molecule has 0 amide bonds. The molecule has 18 heavy (non-hydrogen) atoms. The molecule has 1 aromatic heterocycles. The Labute approximate surface area is 107 Å². The fraction of sp³-hybridized carbons (Fsp3) is 0.615. The quantitative estimate of drug-likeness (QED) is 0.810. The van der Waals surface area contributed by atoms with Gasteiger partial charge in [-0.25, -0.2) is 14.8 Å². The van der Waals surface area contributed by atoms with Gasteiger partial charge in [-0.05, 0) is 12.3 Å². The molecule has 5 nitrogen and oxygen atoms in total. The first-order valence-electron chi connectivity index (χ1n) is 6.42. The number of nitrogens with zero attached hydrogens (tertiary/aromatic N) is 2. The summed E-state index contributed by atoms with van der Waals surface area (Å²) in [7, 11) is 0. The molecule has 0 bridgehead atoms. The van der Waals surface area contributed by atoms with Crippen molar-refractivity contribution in [2.45, 2.75) is 39.0 Å². The maximum Gasteiger partial charge on any atom is 0.356 e. The zero-order valence-electron chi connectivity index (χ0n) is 10.8. The summed E-state index contributed by atoms with van der Waals surface area (Å²) in [6.45, 7) is 4.68. The Morgan fingerprint density at radius 2 is 2.28 bits per heavy atom. The van der Waals surface area contributed by atoms with E-state index < -0.39 is 5.97 Å². The van der Waals surface area contributed by atoms with E-state index in [1.165, 1.54) is 12.8 Å². The number of anilines is 1. The molecule has 0 unspecified atom stereocenters. The lowest BCUT2D eigenvalue weighted by Gasteiger charge is -2.10. The minimum atomic E-state index is -1.01. The molecule has 0 aromatic carbocycles. The van der Waals surface area contributed by atoms with Crippen molar-refractivity contribution in [2.24, 2.45) is 5.92 Å². The fourth-order valence-corrected chi connectivity index (χ4v) is 1.78. The van der Waals surface area contributed by atoms with E-state index in [1.807, 2.05) is 13.8 Å². The summed E-state index contributed by atoms with van der Waals surface area (Å²) >= 11 is 0. The van der Waals surface area contributed by atoms with Gasteiger partial charge < -0.3 is 10.4 Å². The van der Waals surface area contributed by atoms with Gasteiger partial charge in [-0.2, -0.15) is 0 Å². The minimum Gasteiger partial charge on any atom is -0.476 e. The van der Waals surface area contributed by atoms with E-state index in [1.54, 1.807) is 6.20 Å². The average molecular weight is 249 g/mol. The monoisotopic (exact) mass is 249 g/mol. The molecule has 1 aliphatic rings. The molecule has 1 heterocycles. The number of carboxylic acid groups (broad SMARTS) is 1. The van der Waals surface area contributed by atoms with Crippen molar-refractivity contribution >= 4 is 11.7 Å². The van der Waals surface area contributed by atoms with Crippen LogP contribution in [0, 0.1) is 5.92 Å². The number of nitrogens with one attached hydrogen (secondary N) is 1. The van der Waals surface area contributed by atoms with Crippen molar-refractivity contribution in [3.05, 3.63) is 17.7 Å². The molecular formula is C13H19N3O2. The summed E-state index contributed by atoms with van der Waals surface area (Å²) in [5.74, 6) is 0.513. The van der Waals surface area contributed by atoms with Crippen LogP contribution < -0.4 is 5.32 Å². The third-order valence-corrected chi connectivity index (χ3v) is 3.09. The van der Waals surface area contributed by atoms with Crippen LogP contribution in [-0.2, 0) is 0 Å². The number of rotatable bonds is 6. The molecule has 1 fully saturated rings. The number of carbonyl (C=O) groups is 1. The van der Waals surface area contributed by atoms with Crippen LogP contribution in [-0.4, -0.2) is 27.6 Å². The maximum atomic E-state index is 11.2. The van der Waals surface area contributed by atoms with E-state index in [-0.39, 0.29) is 11.6 Å². The smallest absolute Gasteiger partial charge is 0.356 e. The SMILES string of the molecule is CC(C)c1ncc(NCCC2CC2)c(C(=O)O)n1. The molecule has 0 saturated heterocycles. The molecule has 1 aliphatic carbocycles. The van der Waals surface area contributed by atoms with Crippen molar-refractivity contribution in [1.82, 2.24) is 9.97 Å². The summed E-state index contributed by atoms with van der Waals surface area (Å²) in [4.78, 5) is 19.5. The Balaban J connectivity index is 2.08. The Morgan fingerprint density at radius 1 is 1.56 bits per heavy atom. The van der Waals surface area contributed by atoms with Crippen LogP contribution >= 0.6 is 0 Å². The van der Waals surface area contributed by atoms with Crippen molar-refractivity contribution in [2.75, 3.05) is 11.9 Å². The normalized spacial score (nSPS) is 14.8. The molecule has 0 aliphatic heterocycles. The topological polar surface area (TPSA) is 75.1 Å². The van der Waals surface area contributed by atoms with Crippen LogP contribution in [0.3, 0.4) is 0 Å². The summed E-state index contributed by atoms with van der Waals surface area (Å²) in [6.07, 6.45) is 5.27. The van der Waals surface area contributed by atoms with Crippen LogP contribution in [0.5, 0.6) is 0 Å². The lowest BCUT2D eigenvalue weighted by atomic mass is 10.2. The largest absolute Gasteiger partial charge is 0.476 e. The van der Waals surface area contributed by atoms with Gasteiger partial charge >= 0.3 is 5.97 Å². The van der Waals surface area contributed by atoms with Crippen molar-refractivity contribution < 1.29 is 9.90 Å². The van der Waals surface area contributed by atoms with Crippen LogP contribution in [0.1, 0.15) is 55.3 Å². The lowest BCUT2D eigenvalue weighted by molar-refractivity contribution is 0.0691. The van der Waals surface area contributed by atoms with Crippen molar-refractivity contribution in [3.63, 3.8) is 0 Å². The Hall–Kier alpha value is -1.65. The van der Waals surface area contributed by atoms with Gasteiger partial charge in [-0.15, -0.1) is 0 Å². The van der Waals surface area contributed by atoms with Crippen LogP contribution in [0.15, 0.2) is 6.20 Å². The maximum absolute atomic E-state index is 11.2. The predicted molar refractivity (Wildman–Crippen MR) is 68.9 cm³/mol. The van der Waals surface area contributed by atoms with Crippen molar-refractivity contribution in [3.8, 4) is 0 Å².